The van der Waals surface area contributed by atoms with Crippen LogP contribution in [0.25, 0.3) is 0 Å². The van der Waals surface area contributed by atoms with Crippen LogP contribution < -0.4 is 0 Å². The molecule has 0 rings (SSSR count). The van der Waals surface area contributed by atoms with Gasteiger partial charge in [-0.05, 0) is 19.3 Å². The molecule has 29 heavy (non-hydrogen) atoms. The lowest BCUT2D eigenvalue weighted by molar-refractivity contribution is -0.191. The molecule has 0 heterocycles. The molecule has 0 aliphatic carbocycles. The molecular formula is C21H36O8. The zero-order valence-electron chi connectivity index (χ0n) is 18.3. The number of esters is 4. The van der Waals surface area contributed by atoms with Gasteiger partial charge in [-0.15, -0.1) is 0 Å². The van der Waals surface area contributed by atoms with Crippen LogP contribution >= 0.6 is 0 Å². The smallest absolute Gasteiger partial charge is 0.351 e. The van der Waals surface area contributed by atoms with Crippen LogP contribution in [0.2, 0.25) is 0 Å². The van der Waals surface area contributed by atoms with Gasteiger partial charge in [0, 0.05) is 6.42 Å². The topological polar surface area (TPSA) is 105 Å². The van der Waals surface area contributed by atoms with E-state index in [9.17, 15) is 19.2 Å². The first-order valence-electron chi connectivity index (χ1n) is 10.5. The second kappa shape index (κ2) is 15.8. The highest BCUT2D eigenvalue weighted by atomic mass is 16.6. The summed E-state index contributed by atoms with van der Waals surface area (Å²) in [4.78, 5) is 49.4. The Morgan fingerprint density at radius 1 is 0.621 bits per heavy atom. The molecule has 0 bridgehead atoms. The van der Waals surface area contributed by atoms with Gasteiger partial charge >= 0.3 is 23.9 Å². The normalized spacial score (nSPS) is 10.9. The van der Waals surface area contributed by atoms with Crippen molar-refractivity contribution < 1.29 is 38.1 Å². The van der Waals surface area contributed by atoms with Crippen molar-refractivity contribution in [3.05, 3.63) is 0 Å². The van der Waals surface area contributed by atoms with E-state index in [1.165, 1.54) is 0 Å². The molecule has 0 atom stereocenters. The minimum atomic E-state index is -2.09. The largest absolute Gasteiger partial charge is 0.466 e. The molecule has 0 radical (unpaired) electrons. The lowest BCUT2D eigenvalue weighted by Gasteiger charge is -2.29. The first-order valence-corrected chi connectivity index (χ1v) is 10.5. The zero-order valence-corrected chi connectivity index (χ0v) is 18.3. The molecule has 0 N–H and O–H groups in total. The third-order valence-corrected chi connectivity index (χ3v) is 4.08. The summed E-state index contributed by atoms with van der Waals surface area (Å²) in [5.41, 5.74) is -2.09. The molecule has 0 unspecified atom stereocenters. The minimum Gasteiger partial charge on any atom is -0.466 e. The molecule has 0 amide bonds. The molecule has 168 valence electrons. The second-order valence-corrected chi connectivity index (χ2v) is 6.81. The second-order valence-electron chi connectivity index (χ2n) is 6.81. The number of rotatable bonds is 16. The molecule has 8 heteroatoms. The van der Waals surface area contributed by atoms with Gasteiger partial charge in [-0.25, -0.2) is 4.79 Å². The summed E-state index contributed by atoms with van der Waals surface area (Å²) in [7, 11) is 0. The minimum absolute atomic E-state index is 0.0280. The molecular weight excluding hydrogens is 380 g/mol. The van der Waals surface area contributed by atoms with E-state index in [4.69, 9.17) is 18.9 Å². The average Bonchev–Trinajstić information content (AvgIpc) is 2.68. The summed E-state index contributed by atoms with van der Waals surface area (Å²) in [6.45, 7) is 7.81. The number of carbonyl (C=O) groups is 4. The van der Waals surface area contributed by atoms with E-state index in [1.54, 1.807) is 6.92 Å². The van der Waals surface area contributed by atoms with E-state index in [0.29, 0.717) is 19.3 Å². The lowest BCUT2D eigenvalue weighted by Crippen LogP contribution is -2.48. The lowest BCUT2D eigenvalue weighted by atomic mass is 9.94. The average molecular weight is 417 g/mol. The Hall–Kier alpha value is -2.12. The summed E-state index contributed by atoms with van der Waals surface area (Å²) in [6.07, 6.45) is 3.13. The van der Waals surface area contributed by atoms with Crippen LogP contribution in [0.5, 0.6) is 0 Å². The molecule has 0 saturated heterocycles. The van der Waals surface area contributed by atoms with Crippen LogP contribution in [-0.4, -0.2) is 49.3 Å². The van der Waals surface area contributed by atoms with Crippen molar-refractivity contribution in [3.8, 4) is 0 Å². The number of hydrogen-bond donors (Lipinski definition) is 0. The maximum Gasteiger partial charge on any atom is 0.351 e. The molecule has 0 spiro atoms. The molecule has 0 aliphatic heterocycles. The van der Waals surface area contributed by atoms with E-state index in [1.807, 2.05) is 20.8 Å². The predicted molar refractivity (Wildman–Crippen MR) is 106 cm³/mol. The fourth-order valence-electron chi connectivity index (χ4n) is 2.28. The summed E-state index contributed by atoms with van der Waals surface area (Å²) in [5, 5.41) is 0. The number of carbonyl (C=O) groups excluding carboxylic acids is 4. The summed E-state index contributed by atoms with van der Waals surface area (Å²) in [5.74, 6) is -3.14. The molecule has 8 nitrogen and oxygen atoms in total. The SMILES string of the molecule is CCCCOC(=O)CC(CC(=O)OCCCC)(OC(=O)CC)C(=O)OCCCC. The Labute approximate surface area is 173 Å². The Morgan fingerprint density at radius 3 is 1.41 bits per heavy atom. The van der Waals surface area contributed by atoms with Crippen LogP contribution in [0.1, 0.15) is 85.5 Å². The first-order chi connectivity index (χ1) is 13.8. The maximum absolute atomic E-state index is 12.8. The van der Waals surface area contributed by atoms with Crippen LogP contribution in [0.15, 0.2) is 0 Å². The fourth-order valence-corrected chi connectivity index (χ4v) is 2.28. The van der Waals surface area contributed by atoms with Gasteiger partial charge in [-0.3, -0.25) is 14.4 Å². The van der Waals surface area contributed by atoms with Crippen molar-refractivity contribution in [2.75, 3.05) is 19.8 Å². The monoisotopic (exact) mass is 416 g/mol. The Kier molecular flexibility index (Phi) is 14.6. The van der Waals surface area contributed by atoms with Gasteiger partial charge in [0.1, 0.15) is 0 Å². The molecule has 0 aromatic carbocycles. The zero-order chi connectivity index (χ0) is 22.1. The van der Waals surface area contributed by atoms with Crippen LogP contribution in [0.4, 0.5) is 0 Å². The van der Waals surface area contributed by atoms with Gasteiger partial charge in [0.25, 0.3) is 0 Å². The van der Waals surface area contributed by atoms with Gasteiger partial charge in [-0.2, -0.15) is 0 Å². The number of hydrogen-bond acceptors (Lipinski definition) is 8. The highest BCUT2D eigenvalue weighted by Gasteiger charge is 2.49. The van der Waals surface area contributed by atoms with Crippen molar-refractivity contribution in [1.82, 2.24) is 0 Å². The van der Waals surface area contributed by atoms with E-state index < -0.39 is 42.3 Å². The highest BCUT2D eigenvalue weighted by Crippen LogP contribution is 2.26. The number of unbranched alkanes of at least 4 members (excludes halogenated alkanes) is 3. The van der Waals surface area contributed by atoms with Crippen molar-refractivity contribution >= 4 is 23.9 Å². The van der Waals surface area contributed by atoms with E-state index in [-0.39, 0.29) is 26.2 Å². The maximum atomic E-state index is 12.8. The predicted octanol–water partition coefficient (Wildman–Crippen LogP) is 3.49. The van der Waals surface area contributed by atoms with Crippen LogP contribution in [0.3, 0.4) is 0 Å². The molecule has 0 aromatic rings. The molecule has 0 aromatic heterocycles. The third-order valence-electron chi connectivity index (χ3n) is 4.08. The summed E-state index contributed by atoms with van der Waals surface area (Å²) in [6, 6.07) is 0. The summed E-state index contributed by atoms with van der Waals surface area (Å²) < 4.78 is 20.8. The molecule has 0 aliphatic rings. The van der Waals surface area contributed by atoms with E-state index >= 15 is 0 Å². The van der Waals surface area contributed by atoms with Crippen molar-refractivity contribution in [2.24, 2.45) is 0 Å². The van der Waals surface area contributed by atoms with Crippen molar-refractivity contribution in [3.63, 3.8) is 0 Å². The van der Waals surface area contributed by atoms with Gasteiger partial charge in [0.05, 0.1) is 32.7 Å². The standard InChI is InChI=1S/C21H36O8/c1-5-9-12-26-18(23)15-21(29-17(22)8-4,20(25)28-14-11-7-3)16-19(24)27-13-10-6-2/h5-16H2,1-4H3. The number of ether oxygens (including phenoxy) is 4. The Balaban J connectivity index is 5.53. The van der Waals surface area contributed by atoms with Gasteiger partial charge in [0.2, 0.25) is 5.60 Å². The summed E-state index contributed by atoms with van der Waals surface area (Å²) >= 11 is 0. The van der Waals surface area contributed by atoms with E-state index in [2.05, 4.69) is 0 Å². The first kappa shape index (κ1) is 26.9. The van der Waals surface area contributed by atoms with Crippen molar-refractivity contribution in [2.45, 2.75) is 91.1 Å². The Bertz CT molecular complexity index is 491. The van der Waals surface area contributed by atoms with Crippen LogP contribution in [0, 0.1) is 0 Å². The fraction of sp³-hybridized carbons (Fsp3) is 0.810. The molecule has 0 saturated carbocycles. The third kappa shape index (κ3) is 11.5. The van der Waals surface area contributed by atoms with Crippen LogP contribution in [-0.2, 0) is 38.1 Å². The van der Waals surface area contributed by atoms with Gasteiger partial charge in [-0.1, -0.05) is 47.0 Å². The quantitative estimate of drug-likeness (QED) is 0.214. The molecule has 0 fully saturated rings. The van der Waals surface area contributed by atoms with Gasteiger partial charge < -0.3 is 18.9 Å². The van der Waals surface area contributed by atoms with Gasteiger partial charge in [0.15, 0.2) is 0 Å². The van der Waals surface area contributed by atoms with Crippen molar-refractivity contribution in [1.29, 1.82) is 0 Å². The Morgan fingerprint density at radius 2 is 1.03 bits per heavy atom. The van der Waals surface area contributed by atoms with E-state index in [0.717, 1.165) is 19.3 Å². The highest BCUT2D eigenvalue weighted by molar-refractivity contribution is 5.92.